The van der Waals surface area contributed by atoms with Gasteiger partial charge in [-0.1, -0.05) is 0 Å². The number of nitrogen functional groups attached to an aromatic ring is 1. The highest BCUT2D eigenvalue weighted by Crippen LogP contribution is 2.33. The maximum Gasteiger partial charge on any atom is 0.201 e. The number of benzene rings is 1. The van der Waals surface area contributed by atoms with Crippen molar-refractivity contribution in [3.63, 3.8) is 0 Å². The Morgan fingerprint density at radius 3 is 2.67 bits per heavy atom. The largest absolute Gasteiger partial charge is 0.494 e. The monoisotopic (exact) mass is 313 g/mol. The van der Waals surface area contributed by atoms with Gasteiger partial charge in [0.2, 0.25) is 5.95 Å². The van der Waals surface area contributed by atoms with Crippen molar-refractivity contribution >= 4 is 26.8 Å². The summed E-state index contributed by atoms with van der Waals surface area (Å²) in [4.78, 5) is 4.16. The number of nitrogens with two attached hydrogens (primary N) is 1. The van der Waals surface area contributed by atoms with E-state index in [9.17, 15) is 12.8 Å². The summed E-state index contributed by atoms with van der Waals surface area (Å²) < 4.78 is 43.5. The smallest absolute Gasteiger partial charge is 0.201 e. The van der Waals surface area contributed by atoms with Gasteiger partial charge < -0.3 is 15.0 Å². The summed E-state index contributed by atoms with van der Waals surface area (Å²) in [7, 11) is -1.56. The van der Waals surface area contributed by atoms with Crippen molar-refractivity contribution in [2.24, 2.45) is 0 Å². The van der Waals surface area contributed by atoms with Crippen molar-refractivity contribution in [1.82, 2.24) is 9.55 Å². The highest BCUT2D eigenvalue weighted by molar-refractivity contribution is 7.91. The Bertz CT molecular complexity index is 787. The minimum atomic E-state index is -2.95. The molecule has 0 aliphatic carbocycles. The number of hydrogen-bond acceptors (Lipinski definition) is 5. The van der Waals surface area contributed by atoms with Gasteiger partial charge in [-0.25, -0.2) is 17.8 Å². The lowest BCUT2D eigenvalue weighted by Crippen LogP contribution is -2.26. The third-order valence-corrected chi connectivity index (χ3v) is 5.60. The average molecular weight is 313 g/mol. The van der Waals surface area contributed by atoms with Gasteiger partial charge >= 0.3 is 0 Å². The summed E-state index contributed by atoms with van der Waals surface area (Å²) in [5.41, 5.74) is 7.04. The van der Waals surface area contributed by atoms with Gasteiger partial charge in [0.1, 0.15) is 9.84 Å². The fourth-order valence-corrected chi connectivity index (χ4v) is 4.26. The van der Waals surface area contributed by atoms with Crippen LogP contribution in [-0.4, -0.2) is 36.6 Å². The van der Waals surface area contributed by atoms with Gasteiger partial charge in [0.15, 0.2) is 11.6 Å². The Kier molecular flexibility index (Phi) is 3.27. The molecule has 0 radical (unpaired) electrons. The maximum atomic E-state index is 13.7. The highest BCUT2D eigenvalue weighted by Gasteiger charge is 2.27. The molecular formula is C13H16FN3O3S. The summed E-state index contributed by atoms with van der Waals surface area (Å²) in [6, 6.07) is 2.78. The first-order chi connectivity index (χ1) is 9.91. The van der Waals surface area contributed by atoms with Crippen molar-refractivity contribution in [1.29, 1.82) is 0 Å². The number of fused-ring (bicyclic) bond motifs is 1. The fourth-order valence-electron chi connectivity index (χ4n) is 2.79. The van der Waals surface area contributed by atoms with Crippen molar-refractivity contribution < 1.29 is 17.5 Å². The van der Waals surface area contributed by atoms with Crippen molar-refractivity contribution in [3.05, 3.63) is 17.9 Å². The molecule has 6 nitrogen and oxygen atoms in total. The number of imidazole rings is 1. The van der Waals surface area contributed by atoms with E-state index in [1.54, 1.807) is 10.6 Å². The standard InChI is InChI=1S/C13H16FN3O3S/c1-20-12-7-11-10(6-9(12)14)16-13(15)17(11)8-2-4-21(18,19)5-3-8/h6-8H,2-5H2,1H3,(H2,15,16). The molecule has 3 rings (SSSR count). The third kappa shape index (κ3) is 2.44. The van der Waals surface area contributed by atoms with E-state index in [0.717, 1.165) is 0 Å². The van der Waals surface area contributed by atoms with Crippen LogP contribution in [0.3, 0.4) is 0 Å². The second kappa shape index (κ2) is 4.87. The molecule has 2 N–H and O–H groups in total. The first kappa shape index (κ1) is 14.1. The number of aromatic nitrogens is 2. The predicted octanol–water partition coefficient (Wildman–Crippen LogP) is 1.52. The molecule has 0 saturated carbocycles. The molecule has 2 heterocycles. The maximum absolute atomic E-state index is 13.7. The molecule has 0 unspecified atom stereocenters. The molecule has 0 amide bonds. The number of rotatable bonds is 2. The van der Waals surface area contributed by atoms with Crippen LogP contribution in [0.2, 0.25) is 0 Å². The summed E-state index contributed by atoms with van der Waals surface area (Å²) in [6.45, 7) is 0. The highest BCUT2D eigenvalue weighted by atomic mass is 32.2. The van der Waals surface area contributed by atoms with Gasteiger partial charge in [-0.3, -0.25) is 0 Å². The van der Waals surface area contributed by atoms with Crippen LogP contribution >= 0.6 is 0 Å². The van der Waals surface area contributed by atoms with Crippen molar-refractivity contribution in [2.45, 2.75) is 18.9 Å². The fraction of sp³-hybridized carbons (Fsp3) is 0.462. The van der Waals surface area contributed by atoms with Crippen LogP contribution in [0.4, 0.5) is 10.3 Å². The second-order valence-electron chi connectivity index (χ2n) is 5.20. The van der Waals surface area contributed by atoms with E-state index in [-0.39, 0.29) is 29.2 Å². The molecule has 1 aromatic carbocycles. The average Bonchev–Trinajstić information content (AvgIpc) is 2.73. The molecule has 1 fully saturated rings. The zero-order valence-electron chi connectivity index (χ0n) is 11.5. The molecule has 1 aliphatic heterocycles. The summed E-state index contributed by atoms with van der Waals surface area (Å²) in [5.74, 6) is 0.152. The molecule has 0 spiro atoms. The number of anilines is 1. The Morgan fingerprint density at radius 2 is 2.05 bits per heavy atom. The van der Waals surface area contributed by atoms with Crippen molar-refractivity contribution in [2.75, 3.05) is 24.3 Å². The molecule has 2 aromatic rings. The summed E-state index contributed by atoms with van der Waals surface area (Å²) in [5, 5.41) is 0. The van der Waals surface area contributed by atoms with E-state index in [4.69, 9.17) is 10.5 Å². The van der Waals surface area contributed by atoms with E-state index < -0.39 is 15.7 Å². The molecule has 1 saturated heterocycles. The predicted molar refractivity (Wildman–Crippen MR) is 77.6 cm³/mol. The Labute approximate surface area is 121 Å². The molecule has 0 bridgehead atoms. The van der Waals surface area contributed by atoms with Crippen LogP contribution in [0.15, 0.2) is 12.1 Å². The minimum Gasteiger partial charge on any atom is -0.494 e. The lowest BCUT2D eigenvalue weighted by Gasteiger charge is -2.24. The molecule has 21 heavy (non-hydrogen) atoms. The van der Waals surface area contributed by atoms with E-state index in [1.165, 1.54) is 13.2 Å². The second-order valence-corrected chi connectivity index (χ2v) is 7.50. The van der Waals surface area contributed by atoms with Crippen LogP contribution < -0.4 is 10.5 Å². The Morgan fingerprint density at radius 1 is 1.38 bits per heavy atom. The number of ether oxygens (including phenoxy) is 1. The van der Waals surface area contributed by atoms with Crippen LogP contribution in [-0.2, 0) is 9.84 Å². The zero-order valence-corrected chi connectivity index (χ0v) is 12.4. The summed E-state index contributed by atoms with van der Waals surface area (Å²) >= 11 is 0. The van der Waals surface area contributed by atoms with Gasteiger partial charge in [0, 0.05) is 18.2 Å². The Balaban J connectivity index is 2.08. The number of sulfone groups is 1. The number of halogens is 1. The van der Waals surface area contributed by atoms with E-state index in [1.807, 2.05) is 0 Å². The number of methoxy groups -OCH3 is 1. The minimum absolute atomic E-state index is 0.0475. The zero-order chi connectivity index (χ0) is 15.2. The molecule has 8 heteroatoms. The summed E-state index contributed by atoms with van der Waals surface area (Å²) in [6.07, 6.45) is 0.968. The lowest BCUT2D eigenvalue weighted by atomic mass is 10.1. The van der Waals surface area contributed by atoms with Gasteiger partial charge in [-0.2, -0.15) is 0 Å². The van der Waals surface area contributed by atoms with Gasteiger partial charge in [0.05, 0.1) is 29.6 Å². The van der Waals surface area contributed by atoms with Crippen molar-refractivity contribution in [3.8, 4) is 5.75 Å². The molecule has 1 aromatic heterocycles. The molecule has 0 atom stereocenters. The quantitative estimate of drug-likeness (QED) is 0.908. The first-order valence-electron chi connectivity index (χ1n) is 6.62. The van der Waals surface area contributed by atoms with Crippen LogP contribution in [0.5, 0.6) is 5.75 Å². The molecule has 114 valence electrons. The van der Waals surface area contributed by atoms with Gasteiger partial charge in [0.25, 0.3) is 0 Å². The lowest BCUT2D eigenvalue weighted by molar-refractivity contribution is 0.387. The first-order valence-corrected chi connectivity index (χ1v) is 8.45. The van der Waals surface area contributed by atoms with Gasteiger partial charge in [-0.05, 0) is 12.8 Å². The normalized spacial score (nSPS) is 19.0. The molecular weight excluding hydrogens is 297 g/mol. The van der Waals surface area contributed by atoms with Gasteiger partial charge in [-0.15, -0.1) is 0 Å². The van der Waals surface area contributed by atoms with E-state index >= 15 is 0 Å². The number of hydrogen-bond donors (Lipinski definition) is 1. The third-order valence-electron chi connectivity index (χ3n) is 3.88. The van der Waals surface area contributed by atoms with Crippen LogP contribution in [0.1, 0.15) is 18.9 Å². The topological polar surface area (TPSA) is 87.2 Å². The molecule has 1 aliphatic rings. The van der Waals surface area contributed by atoms with Crippen LogP contribution in [0.25, 0.3) is 11.0 Å². The van der Waals surface area contributed by atoms with E-state index in [0.29, 0.717) is 23.9 Å². The Hall–Kier alpha value is -1.83. The SMILES string of the molecule is COc1cc2c(cc1F)nc(N)n2C1CCS(=O)(=O)CC1. The van der Waals surface area contributed by atoms with Crippen LogP contribution in [0, 0.1) is 5.82 Å². The van der Waals surface area contributed by atoms with E-state index in [2.05, 4.69) is 4.98 Å². The number of nitrogens with zero attached hydrogens (tertiary/aromatic N) is 2.